The number of hydrogen-bond acceptors (Lipinski definition) is 7. The van der Waals surface area contributed by atoms with Gasteiger partial charge in [-0.05, 0) is 30.9 Å². The van der Waals surface area contributed by atoms with Gasteiger partial charge in [0, 0.05) is 5.39 Å². The molecular weight excluding hydrogens is 422 g/mol. The summed E-state index contributed by atoms with van der Waals surface area (Å²) in [6.45, 7) is 3.43. The first kappa shape index (κ1) is 20.3. The Balaban J connectivity index is 1.52. The Hall–Kier alpha value is -2.98. The molecule has 2 aromatic heterocycles. The number of fused-ring (bicyclic) bond motifs is 1. The van der Waals surface area contributed by atoms with Gasteiger partial charge in [0.25, 0.3) is 5.91 Å². The number of aromatic nitrogens is 2. The van der Waals surface area contributed by atoms with Crippen LogP contribution in [0.5, 0.6) is 0 Å². The van der Waals surface area contributed by atoms with E-state index in [9.17, 15) is 14.4 Å². The number of hydrazine groups is 1. The number of hydrogen-bond donors (Lipinski definition) is 2. The van der Waals surface area contributed by atoms with Crippen molar-refractivity contribution in [3.8, 4) is 10.7 Å². The normalized spacial score (nSPS) is 18.7. The van der Waals surface area contributed by atoms with Crippen LogP contribution in [0.25, 0.3) is 21.6 Å². The highest BCUT2D eigenvalue weighted by molar-refractivity contribution is 8.00. The molecule has 1 saturated heterocycles. The van der Waals surface area contributed by atoms with Crippen LogP contribution in [0, 0.1) is 0 Å². The van der Waals surface area contributed by atoms with Gasteiger partial charge in [-0.15, -0.1) is 11.3 Å². The molecular formula is C20H19N5O3S2. The zero-order valence-corrected chi connectivity index (χ0v) is 18.0. The molecule has 3 aromatic rings. The summed E-state index contributed by atoms with van der Waals surface area (Å²) in [4.78, 5) is 47.2. The molecule has 154 valence electrons. The van der Waals surface area contributed by atoms with Crippen LogP contribution in [0.3, 0.4) is 0 Å². The molecule has 1 atom stereocenters. The van der Waals surface area contributed by atoms with Gasteiger partial charge < -0.3 is 5.32 Å². The van der Waals surface area contributed by atoms with Crippen LogP contribution < -0.4 is 10.7 Å². The molecule has 0 saturated carbocycles. The second-order valence-electron chi connectivity index (χ2n) is 6.93. The molecule has 1 fully saturated rings. The van der Waals surface area contributed by atoms with Crippen molar-refractivity contribution >= 4 is 51.8 Å². The van der Waals surface area contributed by atoms with Crippen molar-refractivity contribution in [2.75, 3.05) is 5.75 Å². The molecule has 8 nitrogen and oxygen atoms in total. The maximum absolute atomic E-state index is 12.5. The summed E-state index contributed by atoms with van der Waals surface area (Å²) in [6.07, 6.45) is 0.428. The lowest BCUT2D eigenvalue weighted by Gasteiger charge is -2.19. The number of amides is 4. The number of imide groups is 1. The minimum atomic E-state index is -1.00. The smallest absolute Gasteiger partial charge is 0.322 e. The first-order chi connectivity index (χ1) is 14.4. The summed E-state index contributed by atoms with van der Waals surface area (Å²) in [5, 5.41) is 6.81. The maximum Gasteiger partial charge on any atom is 0.344 e. The van der Waals surface area contributed by atoms with Crippen molar-refractivity contribution in [2.45, 2.75) is 30.8 Å². The van der Waals surface area contributed by atoms with Gasteiger partial charge in [0.2, 0.25) is 5.91 Å². The second-order valence-corrected chi connectivity index (χ2v) is 8.84. The minimum Gasteiger partial charge on any atom is -0.322 e. The van der Waals surface area contributed by atoms with Crippen LogP contribution in [0.4, 0.5) is 4.79 Å². The summed E-state index contributed by atoms with van der Waals surface area (Å²) < 4.78 is 0. The van der Waals surface area contributed by atoms with Gasteiger partial charge >= 0.3 is 6.03 Å². The van der Waals surface area contributed by atoms with Crippen molar-refractivity contribution in [2.24, 2.45) is 0 Å². The topological polar surface area (TPSA) is 104 Å². The molecule has 0 aliphatic carbocycles. The average molecular weight is 442 g/mol. The predicted octanol–water partition coefficient (Wildman–Crippen LogP) is 3.20. The average Bonchev–Trinajstić information content (AvgIpc) is 3.36. The standard InChI is InChI=1S/C20H19N5O3S2/c1-3-20(2)18(27)25(19(28)23-20)24-15(26)11-30-17-12-7-4-5-8-13(12)21-16(22-17)14-9-6-10-29-14/h4-10H,3,11H2,1-2H3,(H,23,28)(H,24,26). The highest BCUT2D eigenvalue weighted by Crippen LogP contribution is 2.30. The van der Waals surface area contributed by atoms with Crippen LogP contribution >= 0.6 is 23.1 Å². The van der Waals surface area contributed by atoms with E-state index in [2.05, 4.69) is 20.7 Å². The van der Waals surface area contributed by atoms with Gasteiger partial charge in [-0.2, -0.15) is 5.01 Å². The van der Waals surface area contributed by atoms with Crippen molar-refractivity contribution < 1.29 is 14.4 Å². The summed E-state index contributed by atoms with van der Waals surface area (Å²) in [7, 11) is 0. The lowest BCUT2D eigenvalue weighted by molar-refractivity contribution is -0.137. The fourth-order valence-corrected chi connectivity index (χ4v) is 4.46. The van der Waals surface area contributed by atoms with Crippen LogP contribution in [0.1, 0.15) is 20.3 Å². The number of nitrogens with one attached hydrogen (secondary N) is 2. The SMILES string of the molecule is CCC1(C)NC(=O)N(NC(=O)CSc2nc(-c3cccs3)nc3ccccc23)C1=O. The molecule has 30 heavy (non-hydrogen) atoms. The molecule has 1 aromatic carbocycles. The molecule has 3 heterocycles. The third-order valence-corrected chi connectivity index (χ3v) is 6.71. The Labute approximate surface area is 181 Å². The van der Waals surface area contributed by atoms with Gasteiger partial charge in [-0.1, -0.05) is 43.0 Å². The van der Waals surface area contributed by atoms with Gasteiger partial charge in [0.15, 0.2) is 5.82 Å². The van der Waals surface area contributed by atoms with Crippen molar-refractivity contribution in [1.82, 2.24) is 25.7 Å². The fourth-order valence-electron chi connectivity index (χ4n) is 2.99. The van der Waals surface area contributed by atoms with Crippen LogP contribution in [0.2, 0.25) is 0 Å². The lowest BCUT2D eigenvalue weighted by atomic mass is 10.00. The van der Waals surface area contributed by atoms with Crippen LogP contribution in [-0.2, 0) is 9.59 Å². The molecule has 1 aliphatic heterocycles. The quantitative estimate of drug-likeness (QED) is 0.346. The van der Waals surface area contributed by atoms with Gasteiger partial charge in [-0.3, -0.25) is 15.0 Å². The van der Waals surface area contributed by atoms with Crippen molar-refractivity contribution in [1.29, 1.82) is 0 Å². The largest absolute Gasteiger partial charge is 0.344 e. The third-order valence-electron chi connectivity index (χ3n) is 4.85. The maximum atomic E-state index is 12.5. The zero-order chi connectivity index (χ0) is 21.3. The van der Waals surface area contributed by atoms with Crippen molar-refractivity contribution in [3.63, 3.8) is 0 Å². The first-order valence-corrected chi connectivity index (χ1v) is 11.2. The number of nitrogens with zero attached hydrogens (tertiary/aromatic N) is 3. The van der Waals surface area contributed by atoms with Gasteiger partial charge in [0.05, 0.1) is 16.1 Å². The zero-order valence-electron chi connectivity index (χ0n) is 16.3. The van der Waals surface area contributed by atoms with E-state index in [0.29, 0.717) is 17.3 Å². The molecule has 10 heteroatoms. The highest BCUT2D eigenvalue weighted by Gasteiger charge is 2.47. The minimum absolute atomic E-state index is 0.00914. The van der Waals surface area contributed by atoms with E-state index in [1.807, 2.05) is 41.8 Å². The van der Waals surface area contributed by atoms with E-state index >= 15 is 0 Å². The number of carbonyl (C=O) groups is 3. The van der Waals surface area contributed by atoms with E-state index in [1.54, 1.807) is 13.8 Å². The fraction of sp³-hybridized carbons (Fsp3) is 0.250. The molecule has 1 aliphatic rings. The molecule has 2 N–H and O–H groups in total. The van der Waals surface area contributed by atoms with Crippen LogP contribution in [-0.4, -0.2) is 44.1 Å². The summed E-state index contributed by atoms with van der Waals surface area (Å²) in [6, 6.07) is 10.8. The van der Waals surface area contributed by atoms with Crippen molar-refractivity contribution in [3.05, 3.63) is 41.8 Å². The molecule has 1 unspecified atom stereocenters. The molecule has 4 amide bonds. The van der Waals surface area contributed by atoms with Gasteiger partial charge in [0.1, 0.15) is 10.6 Å². The molecule has 4 rings (SSSR count). The molecule has 0 radical (unpaired) electrons. The van der Waals surface area contributed by atoms with E-state index in [1.165, 1.54) is 23.1 Å². The van der Waals surface area contributed by atoms with E-state index in [0.717, 1.165) is 20.8 Å². The molecule has 0 spiro atoms. The van der Waals surface area contributed by atoms with Gasteiger partial charge in [-0.25, -0.2) is 14.8 Å². The monoisotopic (exact) mass is 441 g/mol. The Morgan fingerprint density at radius 1 is 1.23 bits per heavy atom. The van der Waals surface area contributed by atoms with E-state index < -0.39 is 23.4 Å². The Bertz CT molecular complexity index is 1130. The summed E-state index contributed by atoms with van der Waals surface area (Å²) in [5.74, 6) is -0.352. The number of thiophene rings is 1. The lowest BCUT2D eigenvalue weighted by Crippen LogP contribution is -2.49. The van der Waals surface area contributed by atoms with E-state index in [-0.39, 0.29) is 5.75 Å². The Kier molecular flexibility index (Phi) is 5.44. The summed E-state index contributed by atoms with van der Waals surface area (Å²) >= 11 is 2.77. The molecule has 0 bridgehead atoms. The predicted molar refractivity (Wildman–Crippen MR) is 116 cm³/mol. The summed E-state index contributed by atoms with van der Waals surface area (Å²) in [5.41, 5.74) is 2.18. The Morgan fingerprint density at radius 2 is 2.03 bits per heavy atom. The number of thioether (sulfide) groups is 1. The first-order valence-electron chi connectivity index (χ1n) is 9.31. The Morgan fingerprint density at radius 3 is 2.73 bits per heavy atom. The number of urea groups is 1. The van der Waals surface area contributed by atoms with E-state index in [4.69, 9.17) is 0 Å². The second kappa shape index (κ2) is 8.04. The highest BCUT2D eigenvalue weighted by atomic mass is 32.2. The third kappa shape index (κ3) is 3.75. The number of para-hydroxylation sites is 1. The van der Waals surface area contributed by atoms with Crippen LogP contribution in [0.15, 0.2) is 46.8 Å². The number of benzene rings is 1. The number of rotatable bonds is 6. The number of carbonyl (C=O) groups excluding carboxylic acids is 3.